The topological polar surface area (TPSA) is 57.4 Å². The average molecular weight is 305 g/mol. The fraction of sp³-hybridized carbons (Fsp3) is 0.273. The van der Waals surface area contributed by atoms with Gasteiger partial charge >= 0.3 is 6.18 Å². The minimum Gasteiger partial charge on any atom is -0.270 e. The second-order valence-corrected chi connectivity index (χ2v) is 4.38. The number of benzene rings is 1. The van der Waals surface area contributed by atoms with Crippen LogP contribution in [0, 0.1) is 0 Å². The number of likely N-dealkylation sites (N-methyl/N-ethyl adjacent to an activating group) is 1. The smallest absolute Gasteiger partial charge is 0.270 e. The van der Waals surface area contributed by atoms with E-state index in [1.807, 2.05) is 0 Å². The predicted octanol–water partition coefficient (Wildman–Crippen LogP) is 3.18. The zero-order valence-corrected chi connectivity index (χ0v) is 10.9. The second-order valence-electron chi connectivity index (χ2n) is 3.94. The van der Waals surface area contributed by atoms with Gasteiger partial charge in [0.1, 0.15) is 0 Å². The molecule has 1 unspecified atom stereocenters. The van der Waals surface area contributed by atoms with E-state index in [0.29, 0.717) is 15.7 Å². The van der Waals surface area contributed by atoms with Crippen molar-refractivity contribution >= 4 is 28.9 Å². The maximum absolute atomic E-state index is 12.7. The molecule has 1 atom stereocenters. The number of amides is 1. The van der Waals surface area contributed by atoms with Crippen LogP contribution in [0.4, 0.5) is 18.9 Å². The fourth-order valence-electron chi connectivity index (χ4n) is 1.51. The van der Waals surface area contributed by atoms with Crippen LogP contribution >= 0.6 is 11.6 Å². The number of nitrogens with zero attached hydrogens (tertiary/aromatic N) is 4. The molecule has 0 aliphatic carbocycles. The first kappa shape index (κ1) is 14.4. The van der Waals surface area contributed by atoms with Crippen LogP contribution in [0.1, 0.15) is 0 Å². The van der Waals surface area contributed by atoms with Crippen LogP contribution < -0.4 is 0 Å². The van der Waals surface area contributed by atoms with Crippen molar-refractivity contribution in [3.63, 3.8) is 0 Å². The third-order valence-electron chi connectivity index (χ3n) is 2.48. The Bertz CT molecular complexity index is 582. The van der Waals surface area contributed by atoms with Gasteiger partial charge in [-0.25, -0.2) is 5.01 Å². The molecular formula is C11H8ClF3N4O. The summed E-state index contributed by atoms with van der Waals surface area (Å²) in [5, 5.41) is 11.3. The number of halogens is 4. The van der Waals surface area contributed by atoms with E-state index in [1.165, 1.54) is 24.3 Å². The van der Waals surface area contributed by atoms with E-state index in [4.69, 9.17) is 11.6 Å². The lowest BCUT2D eigenvalue weighted by Crippen LogP contribution is -2.35. The highest BCUT2D eigenvalue weighted by molar-refractivity contribution is 6.30. The van der Waals surface area contributed by atoms with Crippen LogP contribution in [0.5, 0.6) is 0 Å². The zero-order valence-electron chi connectivity index (χ0n) is 10.1. The molecule has 1 aliphatic heterocycles. The molecule has 1 aromatic carbocycles. The Morgan fingerprint density at radius 3 is 2.45 bits per heavy atom. The number of alkyl halides is 3. The van der Waals surface area contributed by atoms with Crippen molar-refractivity contribution < 1.29 is 18.0 Å². The lowest BCUT2D eigenvalue weighted by atomic mass is 10.2. The van der Waals surface area contributed by atoms with E-state index in [-0.39, 0.29) is 0 Å². The first-order valence-electron chi connectivity index (χ1n) is 5.39. The molecule has 0 radical (unpaired) electrons. The molecular weight excluding hydrogens is 297 g/mol. The maximum Gasteiger partial charge on any atom is 0.433 e. The second kappa shape index (κ2) is 5.20. The Morgan fingerprint density at radius 2 is 1.90 bits per heavy atom. The van der Waals surface area contributed by atoms with E-state index < -0.39 is 23.8 Å². The van der Waals surface area contributed by atoms with Gasteiger partial charge in [-0.1, -0.05) is 11.6 Å². The van der Waals surface area contributed by atoms with Gasteiger partial charge in [0.2, 0.25) is 6.04 Å². The summed E-state index contributed by atoms with van der Waals surface area (Å²) in [5.74, 6) is -0.880. The van der Waals surface area contributed by atoms with Crippen molar-refractivity contribution in [2.45, 2.75) is 12.2 Å². The molecule has 106 valence electrons. The molecule has 0 aromatic heterocycles. The van der Waals surface area contributed by atoms with Crippen LogP contribution in [0.15, 0.2) is 39.6 Å². The summed E-state index contributed by atoms with van der Waals surface area (Å²) in [6.45, 7) is 0. The Kier molecular flexibility index (Phi) is 3.76. The van der Waals surface area contributed by atoms with Gasteiger partial charge in [-0.2, -0.15) is 28.5 Å². The standard InChI is InChI=1S/C11H8ClF3N4O/c1-19-10(20)8(9(18-19)11(13,14)15)17-16-7-4-2-6(12)3-5-7/h2-5,8H,1H3. The van der Waals surface area contributed by atoms with Crippen molar-refractivity contribution in [3.8, 4) is 0 Å². The molecule has 0 bridgehead atoms. The fourth-order valence-corrected chi connectivity index (χ4v) is 1.63. The number of carbonyl (C=O) groups is 1. The Hall–Kier alpha value is -1.96. The SMILES string of the molecule is CN1N=C(C(F)(F)F)C(N=Nc2ccc(Cl)cc2)C1=O. The molecule has 0 spiro atoms. The van der Waals surface area contributed by atoms with E-state index >= 15 is 0 Å². The lowest BCUT2D eigenvalue weighted by molar-refractivity contribution is -0.128. The summed E-state index contributed by atoms with van der Waals surface area (Å²) in [7, 11) is 1.13. The van der Waals surface area contributed by atoms with E-state index in [1.54, 1.807) is 0 Å². The third kappa shape index (κ3) is 2.96. The number of hydrazone groups is 1. The summed E-state index contributed by atoms with van der Waals surface area (Å²) >= 11 is 5.66. The Labute approximate surface area is 116 Å². The molecule has 0 fully saturated rings. The molecule has 1 aliphatic rings. The van der Waals surface area contributed by atoms with Gasteiger partial charge in [-0.3, -0.25) is 4.79 Å². The van der Waals surface area contributed by atoms with Crippen molar-refractivity contribution in [1.82, 2.24) is 5.01 Å². The quantitative estimate of drug-likeness (QED) is 0.774. The van der Waals surface area contributed by atoms with Crippen molar-refractivity contribution in [1.29, 1.82) is 0 Å². The van der Waals surface area contributed by atoms with Crippen LogP contribution in [-0.2, 0) is 4.79 Å². The minimum absolute atomic E-state index is 0.290. The van der Waals surface area contributed by atoms with Crippen LogP contribution in [-0.4, -0.2) is 35.9 Å². The van der Waals surface area contributed by atoms with Gasteiger partial charge in [-0.15, -0.1) is 0 Å². The predicted molar refractivity (Wildman–Crippen MR) is 66.0 cm³/mol. The molecule has 1 aromatic rings. The first-order chi connectivity index (χ1) is 9.29. The highest BCUT2D eigenvalue weighted by atomic mass is 35.5. The zero-order chi connectivity index (χ0) is 14.9. The Morgan fingerprint density at radius 1 is 1.30 bits per heavy atom. The summed E-state index contributed by atoms with van der Waals surface area (Å²) in [4.78, 5) is 11.6. The highest BCUT2D eigenvalue weighted by Crippen LogP contribution is 2.27. The third-order valence-corrected chi connectivity index (χ3v) is 2.73. The molecule has 5 nitrogen and oxygen atoms in total. The normalized spacial score (nSPS) is 19.9. The lowest BCUT2D eigenvalue weighted by Gasteiger charge is -2.07. The van der Waals surface area contributed by atoms with Gasteiger partial charge in [0, 0.05) is 12.1 Å². The van der Waals surface area contributed by atoms with Gasteiger partial charge in [0.05, 0.1) is 5.69 Å². The van der Waals surface area contributed by atoms with Gasteiger partial charge in [-0.05, 0) is 24.3 Å². The molecule has 2 rings (SSSR count). The van der Waals surface area contributed by atoms with Crippen LogP contribution in [0.3, 0.4) is 0 Å². The number of hydrogen-bond acceptors (Lipinski definition) is 4. The van der Waals surface area contributed by atoms with Gasteiger partial charge in [0.25, 0.3) is 5.91 Å². The monoisotopic (exact) mass is 304 g/mol. The minimum atomic E-state index is -4.73. The summed E-state index contributed by atoms with van der Waals surface area (Å²) in [5.41, 5.74) is -0.985. The number of hydrogen-bond donors (Lipinski definition) is 0. The van der Waals surface area contributed by atoms with E-state index in [9.17, 15) is 18.0 Å². The first-order valence-corrected chi connectivity index (χ1v) is 5.76. The summed E-state index contributed by atoms with van der Waals surface area (Å²) < 4.78 is 38.1. The maximum atomic E-state index is 12.7. The molecule has 1 heterocycles. The van der Waals surface area contributed by atoms with Crippen molar-refractivity contribution in [2.24, 2.45) is 15.3 Å². The number of rotatable bonds is 2. The molecule has 0 N–H and O–H groups in total. The molecule has 0 saturated carbocycles. The Balaban J connectivity index is 2.25. The van der Waals surface area contributed by atoms with Gasteiger partial charge < -0.3 is 0 Å². The van der Waals surface area contributed by atoms with E-state index in [2.05, 4.69) is 15.3 Å². The largest absolute Gasteiger partial charge is 0.433 e. The van der Waals surface area contributed by atoms with Crippen molar-refractivity contribution in [3.05, 3.63) is 29.3 Å². The summed E-state index contributed by atoms with van der Waals surface area (Å²) in [6.07, 6.45) is -4.73. The highest BCUT2D eigenvalue weighted by Gasteiger charge is 2.49. The van der Waals surface area contributed by atoms with Crippen LogP contribution in [0.25, 0.3) is 0 Å². The van der Waals surface area contributed by atoms with Crippen LogP contribution in [0.2, 0.25) is 5.02 Å². The molecule has 20 heavy (non-hydrogen) atoms. The van der Waals surface area contributed by atoms with Crippen molar-refractivity contribution in [2.75, 3.05) is 7.05 Å². The summed E-state index contributed by atoms with van der Waals surface area (Å²) in [6, 6.07) is 4.20. The van der Waals surface area contributed by atoms with Gasteiger partial charge in [0.15, 0.2) is 5.71 Å². The molecule has 0 saturated heterocycles. The number of carbonyl (C=O) groups excluding carboxylic acids is 1. The number of azo groups is 1. The molecule has 9 heteroatoms. The molecule has 1 amide bonds. The van der Waals surface area contributed by atoms with E-state index in [0.717, 1.165) is 7.05 Å². The average Bonchev–Trinajstić information content (AvgIpc) is 2.65.